The van der Waals surface area contributed by atoms with Crippen molar-refractivity contribution in [2.45, 2.75) is 45.1 Å². The van der Waals surface area contributed by atoms with Crippen LogP contribution in [-0.4, -0.2) is 28.7 Å². The van der Waals surface area contributed by atoms with Crippen molar-refractivity contribution in [3.05, 3.63) is 17.0 Å². The second-order valence-electron chi connectivity index (χ2n) is 5.25. The van der Waals surface area contributed by atoms with Gasteiger partial charge < -0.3 is 10.1 Å². The molecule has 2 rings (SSSR count). The second kappa shape index (κ2) is 5.41. The van der Waals surface area contributed by atoms with E-state index >= 15 is 0 Å². The summed E-state index contributed by atoms with van der Waals surface area (Å²) in [7, 11) is 0. The summed E-state index contributed by atoms with van der Waals surface area (Å²) < 4.78 is 5.63. The van der Waals surface area contributed by atoms with Crippen molar-refractivity contribution in [3.8, 4) is 0 Å². The summed E-state index contributed by atoms with van der Waals surface area (Å²) in [5.41, 5.74) is -0.216. The number of hydrogen-bond acceptors (Lipinski definition) is 4. The van der Waals surface area contributed by atoms with E-state index < -0.39 is 0 Å². The molecule has 1 saturated carbocycles. The van der Waals surface area contributed by atoms with E-state index in [2.05, 4.69) is 15.3 Å². The Kier molecular flexibility index (Phi) is 4.07. The number of hydrogen-bond donors (Lipinski definition) is 1. The van der Waals surface area contributed by atoms with Crippen LogP contribution in [0.25, 0.3) is 0 Å². The van der Waals surface area contributed by atoms with E-state index in [0.29, 0.717) is 24.2 Å². The highest BCUT2D eigenvalue weighted by atomic mass is 35.5. The maximum absolute atomic E-state index is 6.01. The predicted octanol–water partition coefficient (Wildman–Crippen LogP) is 3.23. The van der Waals surface area contributed by atoms with Crippen LogP contribution in [0.5, 0.6) is 0 Å². The van der Waals surface area contributed by atoms with Gasteiger partial charge in [-0.1, -0.05) is 11.6 Å². The largest absolute Gasteiger partial charge is 0.374 e. The maximum atomic E-state index is 6.01. The Morgan fingerprint density at radius 1 is 1.44 bits per heavy atom. The smallest absolute Gasteiger partial charge is 0.135 e. The molecule has 0 aromatic carbocycles. The number of nitrogens with one attached hydrogen (secondary N) is 1. The fourth-order valence-corrected chi connectivity index (χ4v) is 1.99. The number of halogens is 1. The first-order valence-electron chi connectivity index (χ1n) is 6.42. The molecule has 1 aromatic heterocycles. The van der Waals surface area contributed by atoms with Crippen LogP contribution in [0.2, 0.25) is 5.15 Å². The lowest BCUT2D eigenvalue weighted by atomic mass is 10.1. The second-order valence-corrected chi connectivity index (χ2v) is 5.64. The molecule has 0 atom stereocenters. The Balaban J connectivity index is 2.00. The Morgan fingerprint density at radius 2 is 2.17 bits per heavy atom. The highest BCUT2D eigenvalue weighted by Gasteiger charge is 2.27. The molecular formula is C13H20ClN3O. The molecule has 1 heterocycles. The third kappa shape index (κ3) is 3.82. The van der Waals surface area contributed by atoms with Crippen molar-refractivity contribution in [1.29, 1.82) is 0 Å². The average molecular weight is 270 g/mol. The first-order chi connectivity index (χ1) is 8.50. The van der Waals surface area contributed by atoms with Gasteiger partial charge in [-0.05, 0) is 33.6 Å². The molecule has 0 spiro atoms. The molecule has 0 radical (unpaired) electrons. The Labute approximate surface area is 113 Å². The summed E-state index contributed by atoms with van der Waals surface area (Å²) >= 11 is 6.01. The Hall–Kier alpha value is -0.870. The fourth-order valence-electron chi connectivity index (χ4n) is 1.80. The van der Waals surface area contributed by atoms with E-state index in [1.807, 2.05) is 20.8 Å². The fraction of sp³-hybridized carbons (Fsp3) is 0.692. The molecule has 0 bridgehead atoms. The molecule has 4 nitrogen and oxygen atoms in total. The van der Waals surface area contributed by atoms with Crippen LogP contribution < -0.4 is 5.32 Å². The third-order valence-corrected chi connectivity index (χ3v) is 3.08. The summed E-state index contributed by atoms with van der Waals surface area (Å²) in [6.45, 7) is 7.49. The monoisotopic (exact) mass is 269 g/mol. The first-order valence-corrected chi connectivity index (χ1v) is 6.80. The minimum atomic E-state index is -0.216. The van der Waals surface area contributed by atoms with Gasteiger partial charge in [-0.3, -0.25) is 0 Å². The number of ether oxygens (including phenoxy) is 1. The topological polar surface area (TPSA) is 47.0 Å². The van der Waals surface area contributed by atoms with Gasteiger partial charge in [0.1, 0.15) is 16.8 Å². The summed E-state index contributed by atoms with van der Waals surface area (Å²) in [4.78, 5) is 8.76. The van der Waals surface area contributed by atoms with Crippen molar-refractivity contribution in [1.82, 2.24) is 9.97 Å². The standard InChI is InChI=1S/C13H20ClN3O/c1-4-18-13(2,3)8-15-11-7-10(14)16-12(17-11)9-5-6-9/h7,9H,4-6,8H2,1-3H3,(H,15,16,17). The van der Waals surface area contributed by atoms with Crippen molar-refractivity contribution >= 4 is 17.4 Å². The lowest BCUT2D eigenvalue weighted by molar-refractivity contribution is 0.000637. The van der Waals surface area contributed by atoms with Crippen LogP contribution in [0.15, 0.2) is 6.07 Å². The van der Waals surface area contributed by atoms with Crippen LogP contribution in [0.4, 0.5) is 5.82 Å². The molecule has 0 aliphatic heterocycles. The molecule has 0 saturated heterocycles. The van der Waals surface area contributed by atoms with Crippen molar-refractivity contribution in [3.63, 3.8) is 0 Å². The minimum absolute atomic E-state index is 0.216. The van der Waals surface area contributed by atoms with Crippen LogP contribution >= 0.6 is 11.6 Å². The van der Waals surface area contributed by atoms with Gasteiger partial charge in [0.25, 0.3) is 0 Å². The van der Waals surface area contributed by atoms with Gasteiger partial charge in [0.2, 0.25) is 0 Å². The lowest BCUT2D eigenvalue weighted by Gasteiger charge is -2.25. The van der Waals surface area contributed by atoms with E-state index in [1.165, 1.54) is 12.8 Å². The third-order valence-electron chi connectivity index (χ3n) is 2.88. The van der Waals surface area contributed by atoms with Crippen molar-refractivity contribution < 1.29 is 4.74 Å². The van der Waals surface area contributed by atoms with Gasteiger partial charge in [-0.25, -0.2) is 9.97 Å². The van der Waals surface area contributed by atoms with Crippen molar-refractivity contribution in [2.75, 3.05) is 18.5 Å². The molecule has 100 valence electrons. The molecule has 0 unspecified atom stereocenters. The summed E-state index contributed by atoms with van der Waals surface area (Å²) in [6, 6.07) is 1.76. The van der Waals surface area contributed by atoms with E-state index in [9.17, 15) is 0 Å². The Bertz CT molecular complexity index is 419. The highest BCUT2D eigenvalue weighted by Crippen LogP contribution is 2.38. The molecule has 1 aliphatic rings. The zero-order valence-electron chi connectivity index (χ0n) is 11.2. The summed E-state index contributed by atoms with van der Waals surface area (Å²) in [5.74, 6) is 2.15. The predicted molar refractivity (Wildman–Crippen MR) is 73.2 cm³/mol. The molecular weight excluding hydrogens is 250 g/mol. The summed E-state index contributed by atoms with van der Waals surface area (Å²) in [6.07, 6.45) is 2.34. The van der Waals surface area contributed by atoms with Gasteiger partial charge in [-0.15, -0.1) is 0 Å². The Morgan fingerprint density at radius 3 is 2.78 bits per heavy atom. The summed E-state index contributed by atoms with van der Waals surface area (Å²) in [5, 5.41) is 3.78. The van der Waals surface area contributed by atoms with Crippen LogP contribution in [0.3, 0.4) is 0 Å². The molecule has 1 N–H and O–H groups in total. The number of aromatic nitrogens is 2. The molecule has 1 aromatic rings. The highest BCUT2D eigenvalue weighted by molar-refractivity contribution is 6.29. The van der Waals surface area contributed by atoms with E-state index in [4.69, 9.17) is 16.3 Å². The van der Waals surface area contributed by atoms with E-state index in [1.54, 1.807) is 6.07 Å². The van der Waals surface area contributed by atoms with E-state index in [0.717, 1.165) is 11.6 Å². The number of anilines is 1. The first kappa shape index (κ1) is 13.6. The number of rotatable bonds is 6. The average Bonchev–Trinajstić information content (AvgIpc) is 3.09. The zero-order valence-corrected chi connectivity index (χ0v) is 11.9. The number of nitrogens with zero attached hydrogens (tertiary/aromatic N) is 2. The molecule has 18 heavy (non-hydrogen) atoms. The molecule has 1 aliphatic carbocycles. The molecule has 0 amide bonds. The SMILES string of the molecule is CCOC(C)(C)CNc1cc(Cl)nc(C2CC2)n1. The van der Waals surface area contributed by atoms with E-state index in [-0.39, 0.29) is 5.60 Å². The normalized spacial score (nSPS) is 15.8. The van der Waals surface area contributed by atoms with Gasteiger partial charge in [-0.2, -0.15) is 0 Å². The van der Waals surface area contributed by atoms with Gasteiger partial charge in [0.05, 0.1) is 5.60 Å². The zero-order chi connectivity index (χ0) is 13.2. The minimum Gasteiger partial charge on any atom is -0.374 e. The lowest BCUT2D eigenvalue weighted by Crippen LogP contribution is -2.33. The van der Waals surface area contributed by atoms with Crippen LogP contribution in [0.1, 0.15) is 45.4 Å². The van der Waals surface area contributed by atoms with Gasteiger partial charge in [0, 0.05) is 25.1 Å². The molecule has 1 fully saturated rings. The van der Waals surface area contributed by atoms with Gasteiger partial charge in [0.15, 0.2) is 0 Å². The van der Waals surface area contributed by atoms with Crippen molar-refractivity contribution in [2.24, 2.45) is 0 Å². The molecule has 5 heteroatoms. The van der Waals surface area contributed by atoms with Crippen LogP contribution in [0, 0.1) is 0 Å². The van der Waals surface area contributed by atoms with Crippen LogP contribution in [-0.2, 0) is 4.74 Å². The maximum Gasteiger partial charge on any atom is 0.135 e. The van der Waals surface area contributed by atoms with Gasteiger partial charge >= 0.3 is 0 Å². The quantitative estimate of drug-likeness (QED) is 0.806.